The summed E-state index contributed by atoms with van der Waals surface area (Å²) >= 11 is 1.83. The first-order valence-electron chi connectivity index (χ1n) is 4.29. The van der Waals surface area contributed by atoms with Gasteiger partial charge in [-0.15, -0.1) is 11.8 Å². The molecule has 0 aliphatic heterocycles. The van der Waals surface area contributed by atoms with Crippen molar-refractivity contribution < 1.29 is 0 Å². The van der Waals surface area contributed by atoms with E-state index < -0.39 is 0 Å². The van der Waals surface area contributed by atoms with Gasteiger partial charge in [0.15, 0.2) is 0 Å². The fraction of sp³-hybridized carbons (Fsp3) is 0.455. The molecule has 0 aliphatic carbocycles. The van der Waals surface area contributed by atoms with E-state index in [9.17, 15) is 0 Å². The first-order chi connectivity index (χ1) is 5.65. The molecule has 66 valence electrons. The predicted molar refractivity (Wildman–Crippen MR) is 57.0 cm³/mol. The lowest BCUT2D eigenvalue weighted by atomic mass is 10.0. The van der Waals surface area contributed by atoms with E-state index in [0.717, 1.165) is 0 Å². The van der Waals surface area contributed by atoms with Crippen molar-refractivity contribution in [3.63, 3.8) is 0 Å². The Kier molecular flexibility index (Phi) is 3.21. The molecule has 0 spiro atoms. The molecular weight excluding hydrogens is 164 g/mol. The lowest BCUT2D eigenvalue weighted by Gasteiger charge is -2.08. The van der Waals surface area contributed by atoms with Crippen molar-refractivity contribution in [2.24, 2.45) is 0 Å². The Labute approximate surface area is 79.4 Å². The lowest BCUT2D eigenvalue weighted by molar-refractivity contribution is 0.860. The molecule has 1 rings (SSSR count). The average Bonchev–Trinajstić information content (AvgIpc) is 2.05. The van der Waals surface area contributed by atoms with E-state index in [-0.39, 0.29) is 0 Å². The smallest absolute Gasteiger partial charge is 0.0101 e. The number of aryl methyl sites for hydroxylation is 1. The van der Waals surface area contributed by atoms with Crippen molar-refractivity contribution in [1.82, 2.24) is 0 Å². The van der Waals surface area contributed by atoms with Crippen LogP contribution in [0.5, 0.6) is 0 Å². The Morgan fingerprint density at radius 2 is 1.92 bits per heavy atom. The van der Waals surface area contributed by atoms with Crippen LogP contribution in [0, 0.1) is 6.92 Å². The van der Waals surface area contributed by atoms with Crippen LogP contribution in [-0.2, 0) is 0 Å². The Morgan fingerprint density at radius 1 is 1.25 bits per heavy atom. The van der Waals surface area contributed by atoms with Crippen LogP contribution in [0.3, 0.4) is 0 Å². The second-order valence-corrected chi connectivity index (χ2v) is 4.23. The molecule has 0 amide bonds. The summed E-state index contributed by atoms with van der Waals surface area (Å²) in [5, 5.41) is 0. The summed E-state index contributed by atoms with van der Waals surface area (Å²) in [5.41, 5.74) is 2.82. The number of hydrogen-bond donors (Lipinski definition) is 0. The zero-order valence-corrected chi connectivity index (χ0v) is 9.03. The fourth-order valence-corrected chi connectivity index (χ4v) is 1.84. The van der Waals surface area contributed by atoms with Crippen molar-refractivity contribution in [3.05, 3.63) is 29.3 Å². The van der Waals surface area contributed by atoms with Crippen LogP contribution >= 0.6 is 11.8 Å². The average molecular weight is 180 g/mol. The van der Waals surface area contributed by atoms with Gasteiger partial charge in [0, 0.05) is 4.90 Å². The summed E-state index contributed by atoms with van der Waals surface area (Å²) in [5.74, 6) is 0.636. The summed E-state index contributed by atoms with van der Waals surface area (Å²) in [6.45, 7) is 6.62. The fourth-order valence-electron chi connectivity index (χ4n) is 1.20. The van der Waals surface area contributed by atoms with Crippen molar-refractivity contribution in [2.45, 2.75) is 31.6 Å². The predicted octanol–water partition coefficient (Wildman–Crippen LogP) is 3.84. The SMILES string of the molecule is CSc1cc(C(C)C)ccc1C. The second kappa shape index (κ2) is 3.99. The van der Waals surface area contributed by atoms with Crippen LogP contribution in [0.25, 0.3) is 0 Å². The first-order valence-corrected chi connectivity index (χ1v) is 5.52. The van der Waals surface area contributed by atoms with Crippen LogP contribution in [0.4, 0.5) is 0 Å². The van der Waals surface area contributed by atoms with Gasteiger partial charge < -0.3 is 0 Å². The summed E-state index contributed by atoms with van der Waals surface area (Å²) in [4.78, 5) is 1.40. The van der Waals surface area contributed by atoms with Crippen LogP contribution < -0.4 is 0 Å². The third kappa shape index (κ3) is 2.04. The van der Waals surface area contributed by atoms with Gasteiger partial charge in [0.05, 0.1) is 0 Å². The van der Waals surface area contributed by atoms with Crippen LogP contribution in [0.2, 0.25) is 0 Å². The molecule has 0 nitrogen and oxygen atoms in total. The van der Waals surface area contributed by atoms with Gasteiger partial charge in [-0.3, -0.25) is 0 Å². The van der Waals surface area contributed by atoms with Gasteiger partial charge in [0.2, 0.25) is 0 Å². The Morgan fingerprint density at radius 3 is 2.42 bits per heavy atom. The summed E-state index contributed by atoms with van der Waals surface area (Å²) < 4.78 is 0. The molecule has 0 aromatic heterocycles. The molecule has 0 fully saturated rings. The number of thioether (sulfide) groups is 1. The Balaban J connectivity index is 3.05. The lowest BCUT2D eigenvalue weighted by Crippen LogP contribution is -1.88. The molecule has 1 heteroatoms. The highest BCUT2D eigenvalue weighted by molar-refractivity contribution is 7.98. The van der Waals surface area contributed by atoms with Crippen LogP contribution in [0.15, 0.2) is 23.1 Å². The quantitative estimate of drug-likeness (QED) is 0.623. The van der Waals surface area contributed by atoms with Gasteiger partial charge in [0.25, 0.3) is 0 Å². The van der Waals surface area contributed by atoms with Crippen molar-refractivity contribution >= 4 is 11.8 Å². The number of hydrogen-bond acceptors (Lipinski definition) is 1. The zero-order valence-electron chi connectivity index (χ0n) is 8.22. The topological polar surface area (TPSA) is 0 Å². The summed E-state index contributed by atoms with van der Waals surface area (Å²) in [7, 11) is 0. The van der Waals surface area contributed by atoms with Crippen molar-refractivity contribution in [1.29, 1.82) is 0 Å². The second-order valence-electron chi connectivity index (χ2n) is 3.38. The number of rotatable bonds is 2. The molecule has 12 heavy (non-hydrogen) atoms. The van der Waals surface area contributed by atoms with Crippen molar-refractivity contribution in [2.75, 3.05) is 6.26 Å². The maximum absolute atomic E-state index is 2.30. The van der Waals surface area contributed by atoms with E-state index in [1.165, 1.54) is 16.0 Å². The van der Waals surface area contributed by atoms with Gasteiger partial charge in [-0.1, -0.05) is 26.0 Å². The molecule has 0 N–H and O–H groups in total. The van der Waals surface area contributed by atoms with Gasteiger partial charge in [0.1, 0.15) is 0 Å². The highest BCUT2D eigenvalue weighted by Crippen LogP contribution is 2.24. The summed E-state index contributed by atoms with van der Waals surface area (Å²) in [6.07, 6.45) is 2.13. The van der Waals surface area contributed by atoms with Gasteiger partial charge in [-0.25, -0.2) is 0 Å². The molecule has 0 aliphatic rings. The highest BCUT2D eigenvalue weighted by atomic mass is 32.2. The third-order valence-electron chi connectivity index (χ3n) is 2.10. The van der Waals surface area contributed by atoms with E-state index >= 15 is 0 Å². The Hall–Kier alpha value is -0.430. The molecule has 1 aromatic rings. The Bertz CT molecular complexity index is 264. The zero-order chi connectivity index (χ0) is 9.14. The molecular formula is C11H16S. The minimum Gasteiger partial charge on any atom is -0.129 e. The van der Waals surface area contributed by atoms with E-state index in [0.29, 0.717) is 5.92 Å². The van der Waals surface area contributed by atoms with Gasteiger partial charge >= 0.3 is 0 Å². The molecule has 0 radical (unpaired) electrons. The van der Waals surface area contributed by atoms with E-state index in [1.807, 2.05) is 11.8 Å². The van der Waals surface area contributed by atoms with E-state index in [2.05, 4.69) is 45.2 Å². The maximum Gasteiger partial charge on any atom is 0.0101 e. The molecule has 1 aromatic carbocycles. The van der Waals surface area contributed by atoms with Crippen molar-refractivity contribution in [3.8, 4) is 0 Å². The van der Waals surface area contributed by atoms with Crippen LogP contribution in [-0.4, -0.2) is 6.26 Å². The van der Waals surface area contributed by atoms with E-state index in [1.54, 1.807) is 0 Å². The first kappa shape index (κ1) is 9.66. The molecule has 0 heterocycles. The third-order valence-corrected chi connectivity index (χ3v) is 2.98. The minimum absolute atomic E-state index is 0.636. The summed E-state index contributed by atoms with van der Waals surface area (Å²) in [6, 6.07) is 6.73. The largest absolute Gasteiger partial charge is 0.129 e. The van der Waals surface area contributed by atoms with Crippen LogP contribution in [0.1, 0.15) is 30.9 Å². The molecule has 0 atom stereocenters. The van der Waals surface area contributed by atoms with E-state index in [4.69, 9.17) is 0 Å². The molecule has 0 unspecified atom stereocenters. The monoisotopic (exact) mass is 180 g/mol. The maximum atomic E-state index is 2.30. The van der Waals surface area contributed by atoms with Gasteiger partial charge in [-0.05, 0) is 36.3 Å². The normalized spacial score (nSPS) is 10.8. The molecule has 0 saturated heterocycles. The minimum atomic E-state index is 0.636. The van der Waals surface area contributed by atoms with Gasteiger partial charge in [-0.2, -0.15) is 0 Å². The highest BCUT2D eigenvalue weighted by Gasteiger charge is 2.01. The molecule has 0 bridgehead atoms. The standard InChI is InChI=1S/C11H16S/c1-8(2)10-6-5-9(3)11(7-10)12-4/h5-8H,1-4H3. The molecule has 0 saturated carbocycles. The number of benzene rings is 1.